The minimum atomic E-state index is -3.87. The van der Waals surface area contributed by atoms with Gasteiger partial charge in [0.2, 0.25) is 27.7 Å². The molecule has 2 aromatic rings. The molecule has 5 rings (SSSR count). The number of furan rings is 1. The number of amides is 4. The van der Waals surface area contributed by atoms with Gasteiger partial charge in [-0.3, -0.25) is 19.1 Å². The molecule has 3 aliphatic rings. The van der Waals surface area contributed by atoms with E-state index in [1.807, 2.05) is 6.07 Å². The summed E-state index contributed by atoms with van der Waals surface area (Å²) in [5.74, 6) is -2.47. The second kappa shape index (κ2) is 13.0. The van der Waals surface area contributed by atoms with E-state index in [0.29, 0.717) is 24.4 Å². The van der Waals surface area contributed by atoms with Crippen molar-refractivity contribution in [1.82, 2.24) is 25.2 Å². The van der Waals surface area contributed by atoms with Crippen molar-refractivity contribution in [2.24, 2.45) is 17.3 Å². The normalized spacial score (nSPS) is 24.5. The molecule has 4 amide bonds. The van der Waals surface area contributed by atoms with Gasteiger partial charge >= 0.3 is 6.09 Å². The molecule has 15 heteroatoms. The first-order valence-corrected chi connectivity index (χ1v) is 17.0. The summed E-state index contributed by atoms with van der Waals surface area (Å²) in [4.78, 5) is 59.5. The van der Waals surface area contributed by atoms with Gasteiger partial charge in [-0.2, -0.15) is 0 Å². The minimum Gasteiger partial charge on any atom is -0.477 e. The van der Waals surface area contributed by atoms with Crippen LogP contribution in [0.4, 0.5) is 4.79 Å². The molecule has 2 aliphatic carbocycles. The van der Waals surface area contributed by atoms with Crippen molar-refractivity contribution in [3.05, 3.63) is 49.4 Å². The van der Waals surface area contributed by atoms with Crippen molar-refractivity contribution in [3.63, 3.8) is 0 Å². The average Bonchev–Trinajstić information content (AvgIpc) is 3.89. The number of pyridine rings is 1. The van der Waals surface area contributed by atoms with Crippen molar-refractivity contribution in [1.29, 1.82) is 0 Å². The maximum absolute atomic E-state index is 14.1. The number of methoxy groups -OCH3 is 1. The monoisotopic (exact) mass is 671 g/mol. The molecule has 0 bridgehead atoms. The second-order valence-electron chi connectivity index (χ2n) is 13.4. The van der Waals surface area contributed by atoms with Crippen LogP contribution in [0.25, 0.3) is 11.3 Å². The Morgan fingerprint density at radius 2 is 1.96 bits per heavy atom. The van der Waals surface area contributed by atoms with Crippen molar-refractivity contribution < 1.29 is 41.5 Å². The van der Waals surface area contributed by atoms with Gasteiger partial charge in [0.25, 0.3) is 5.91 Å². The molecule has 2 saturated carbocycles. The summed E-state index contributed by atoms with van der Waals surface area (Å²) in [6.45, 7) is 9.27. The van der Waals surface area contributed by atoms with Crippen molar-refractivity contribution in [2.75, 3.05) is 20.3 Å². The lowest BCUT2D eigenvalue weighted by Gasteiger charge is -2.35. The fraction of sp³-hybridized carbons (Fsp3) is 0.531. The van der Waals surface area contributed by atoms with Crippen LogP contribution in [-0.4, -0.2) is 85.3 Å². The lowest BCUT2D eigenvalue weighted by atomic mass is 9.85. The van der Waals surface area contributed by atoms with E-state index in [9.17, 15) is 27.6 Å². The highest BCUT2D eigenvalue weighted by Crippen LogP contribution is 2.45. The van der Waals surface area contributed by atoms with Crippen LogP contribution in [0.3, 0.4) is 0 Å². The predicted octanol–water partition coefficient (Wildman–Crippen LogP) is 2.38. The number of nitrogens with zero attached hydrogens (tertiary/aromatic N) is 2. The fourth-order valence-corrected chi connectivity index (χ4v) is 7.18. The van der Waals surface area contributed by atoms with Crippen molar-refractivity contribution >= 4 is 33.8 Å². The molecule has 47 heavy (non-hydrogen) atoms. The number of aromatic nitrogens is 1. The highest BCUT2D eigenvalue weighted by atomic mass is 32.2. The third kappa shape index (κ3) is 7.45. The minimum absolute atomic E-state index is 0.105. The van der Waals surface area contributed by atoms with Crippen LogP contribution in [0.1, 0.15) is 46.5 Å². The average molecular weight is 672 g/mol. The lowest BCUT2D eigenvalue weighted by Crippen LogP contribution is -2.60. The van der Waals surface area contributed by atoms with Gasteiger partial charge in [-0.1, -0.05) is 32.9 Å². The van der Waals surface area contributed by atoms with Gasteiger partial charge in [-0.15, -0.1) is 6.58 Å². The predicted molar refractivity (Wildman–Crippen MR) is 169 cm³/mol. The topological polar surface area (TPSA) is 186 Å². The lowest BCUT2D eigenvalue weighted by molar-refractivity contribution is -0.142. The van der Waals surface area contributed by atoms with E-state index >= 15 is 0 Å². The molecular formula is C32H41N5O9S. The Hall–Kier alpha value is -4.40. The van der Waals surface area contributed by atoms with E-state index in [0.717, 1.165) is 5.56 Å². The van der Waals surface area contributed by atoms with Crippen molar-refractivity contribution in [3.8, 4) is 17.1 Å². The number of carbonyl (C=O) groups excluding carboxylic acids is 4. The van der Waals surface area contributed by atoms with Gasteiger partial charge in [-0.25, -0.2) is 18.2 Å². The molecule has 2 aromatic heterocycles. The standard InChI is InChI=1S/C32H41N5O9S/c1-6-21-15-32(21,29(40)36-47(42,43)22-10-11-22)35-27(38)24-14-19(16-37(24)28(39)26(31(2,3)4)34-30(41)44-5)17-46-25-9-7-8-23(33-25)20-12-13-45-18-20/h6-9,12-13,18-19,21-22,24,26H,1,10-11,14-17H2,2-5H3,(H,34,41)(H,35,38)(H,36,40)/t19-,21+,24+,26-,32-/m1/s1. The second-order valence-corrected chi connectivity index (χ2v) is 15.4. The van der Waals surface area contributed by atoms with Crippen LogP contribution >= 0.6 is 0 Å². The largest absolute Gasteiger partial charge is 0.477 e. The summed E-state index contributed by atoms with van der Waals surface area (Å²) in [5.41, 5.74) is -0.861. The number of sulfonamides is 1. The molecule has 1 aliphatic heterocycles. The van der Waals surface area contributed by atoms with Gasteiger partial charge < -0.3 is 29.4 Å². The zero-order valence-corrected chi connectivity index (χ0v) is 27.7. The van der Waals surface area contributed by atoms with E-state index < -0.39 is 68.0 Å². The van der Waals surface area contributed by atoms with Crippen LogP contribution < -0.4 is 20.1 Å². The molecule has 5 atom stereocenters. The molecule has 0 radical (unpaired) electrons. The summed E-state index contributed by atoms with van der Waals surface area (Å²) in [7, 11) is -2.68. The molecule has 0 spiro atoms. The van der Waals surface area contributed by atoms with Gasteiger partial charge in [0.15, 0.2) is 0 Å². The Balaban J connectivity index is 1.36. The quantitative estimate of drug-likeness (QED) is 0.283. The molecular weight excluding hydrogens is 630 g/mol. The number of hydrogen-bond donors (Lipinski definition) is 3. The van der Waals surface area contributed by atoms with Gasteiger partial charge in [-0.05, 0) is 43.2 Å². The highest BCUT2D eigenvalue weighted by molar-refractivity contribution is 7.91. The molecule has 0 aromatic carbocycles. The van der Waals surface area contributed by atoms with Crippen LogP contribution in [0.15, 0.2) is 53.9 Å². The molecule has 0 unspecified atom stereocenters. The summed E-state index contributed by atoms with van der Waals surface area (Å²) in [5, 5.41) is 4.74. The van der Waals surface area contributed by atoms with Crippen LogP contribution in [0.5, 0.6) is 5.88 Å². The Bertz CT molecular complexity index is 1630. The number of hydrogen-bond acceptors (Lipinski definition) is 10. The van der Waals surface area contributed by atoms with Crippen LogP contribution in [-0.2, 0) is 29.1 Å². The Morgan fingerprint density at radius 3 is 2.55 bits per heavy atom. The summed E-state index contributed by atoms with van der Waals surface area (Å²) in [6, 6.07) is 4.96. The fourth-order valence-electron chi connectivity index (χ4n) is 5.82. The first kappa shape index (κ1) is 33.9. The molecule has 1 saturated heterocycles. The number of nitrogens with one attached hydrogen (secondary N) is 3. The molecule has 14 nitrogen and oxygen atoms in total. The van der Waals surface area contributed by atoms with Gasteiger partial charge in [0.1, 0.15) is 17.6 Å². The molecule has 3 fully saturated rings. The maximum atomic E-state index is 14.1. The number of likely N-dealkylation sites (tertiary alicyclic amines) is 1. The highest BCUT2D eigenvalue weighted by Gasteiger charge is 2.62. The van der Waals surface area contributed by atoms with Gasteiger partial charge in [0, 0.05) is 30.0 Å². The summed E-state index contributed by atoms with van der Waals surface area (Å²) < 4.78 is 43.2. The smallest absolute Gasteiger partial charge is 0.407 e. The molecule has 3 heterocycles. The van der Waals surface area contributed by atoms with E-state index in [2.05, 4.69) is 26.9 Å². The number of rotatable bonds is 12. The Morgan fingerprint density at radius 1 is 1.21 bits per heavy atom. The number of carbonyl (C=O) groups is 4. The number of alkyl carbamates (subject to hydrolysis) is 1. The van der Waals surface area contributed by atoms with E-state index in [4.69, 9.17) is 13.9 Å². The van der Waals surface area contributed by atoms with Crippen molar-refractivity contribution in [2.45, 2.75) is 69.3 Å². The third-order valence-corrected chi connectivity index (χ3v) is 10.6. The van der Waals surface area contributed by atoms with E-state index in [1.165, 1.54) is 18.1 Å². The maximum Gasteiger partial charge on any atom is 0.407 e. The van der Waals surface area contributed by atoms with E-state index in [1.54, 1.807) is 51.5 Å². The Kier molecular flexibility index (Phi) is 9.40. The van der Waals surface area contributed by atoms with Crippen LogP contribution in [0, 0.1) is 17.3 Å². The first-order valence-electron chi connectivity index (χ1n) is 15.5. The zero-order valence-electron chi connectivity index (χ0n) is 26.9. The van der Waals surface area contributed by atoms with E-state index in [-0.39, 0.29) is 31.9 Å². The molecule has 3 N–H and O–H groups in total. The van der Waals surface area contributed by atoms with Gasteiger partial charge in [0.05, 0.1) is 37.2 Å². The van der Waals surface area contributed by atoms with Crippen LogP contribution in [0.2, 0.25) is 0 Å². The zero-order chi connectivity index (χ0) is 34.1. The first-order chi connectivity index (χ1) is 22.2. The number of ether oxygens (including phenoxy) is 2. The SMILES string of the molecule is C=C[C@H]1C[C@]1(NC(=O)[C@@H]1C[C@@H](COc2cccc(-c3ccoc3)n2)CN1C(=O)[C@@H](NC(=O)OC)C(C)(C)C)C(=O)NS(=O)(=O)C1CC1. The Labute approximate surface area is 273 Å². The molecule has 254 valence electrons. The summed E-state index contributed by atoms with van der Waals surface area (Å²) >= 11 is 0. The summed E-state index contributed by atoms with van der Waals surface area (Å²) in [6.07, 6.45) is 5.06. The third-order valence-electron chi connectivity index (χ3n) is 8.79.